The number of anilines is 1. The van der Waals surface area contributed by atoms with Gasteiger partial charge >= 0.3 is 209 Å². The molecule has 1 saturated heterocycles. The molecular formula is C29H27BrNO2P. The fraction of sp³-hybridized carbons (Fsp3) is 0.138. The van der Waals surface area contributed by atoms with Crippen LogP contribution in [0.2, 0.25) is 0 Å². The van der Waals surface area contributed by atoms with Gasteiger partial charge in [-0.15, -0.1) is 0 Å². The summed E-state index contributed by atoms with van der Waals surface area (Å²) in [5, 5.41) is 0.0729. The van der Waals surface area contributed by atoms with E-state index < -0.39 is 5.31 Å². The Hall–Kier alpha value is -2.94. The first-order valence-electron chi connectivity index (χ1n) is 11.4. The van der Waals surface area contributed by atoms with E-state index in [-0.39, 0.29) is 11.6 Å². The van der Waals surface area contributed by atoms with E-state index in [0.717, 1.165) is 28.0 Å². The van der Waals surface area contributed by atoms with Gasteiger partial charge in [-0.1, -0.05) is 0 Å². The zero-order valence-corrected chi connectivity index (χ0v) is 21.5. The van der Waals surface area contributed by atoms with E-state index in [4.69, 9.17) is 4.74 Å². The second-order valence-corrected chi connectivity index (χ2v) is 17.3. The Bertz CT molecular complexity index is 1200. The van der Waals surface area contributed by atoms with E-state index in [0.29, 0.717) is 12.3 Å². The zero-order chi connectivity index (χ0) is 23.6. The minimum atomic E-state index is -3.40. The Morgan fingerprint density at radius 3 is 1.65 bits per heavy atom. The third kappa shape index (κ3) is 3.32. The molecule has 1 unspecified atom stereocenters. The van der Waals surface area contributed by atoms with Crippen molar-refractivity contribution >= 4 is 48.3 Å². The molecule has 4 aromatic carbocycles. The fourth-order valence-corrected chi connectivity index (χ4v) is 14.0. The molecular weight excluding hydrogens is 505 g/mol. The molecule has 0 N–H and O–H groups in total. The van der Waals surface area contributed by atoms with Crippen LogP contribution in [0.3, 0.4) is 0 Å². The Morgan fingerprint density at radius 1 is 0.735 bits per heavy atom. The van der Waals surface area contributed by atoms with Crippen LogP contribution in [0.4, 0.5) is 5.69 Å². The summed E-state index contributed by atoms with van der Waals surface area (Å²) in [7, 11) is 1.65. The number of benzene rings is 4. The Labute approximate surface area is 209 Å². The molecule has 5 heteroatoms. The molecule has 0 aromatic heterocycles. The van der Waals surface area contributed by atoms with Gasteiger partial charge in [0.05, 0.1) is 0 Å². The summed E-state index contributed by atoms with van der Waals surface area (Å²) in [5.41, 5.74) is 0.562. The molecule has 1 aliphatic rings. The van der Waals surface area contributed by atoms with Crippen molar-refractivity contribution in [2.75, 3.05) is 18.6 Å². The van der Waals surface area contributed by atoms with Gasteiger partial charge in [0.2, 0.25) is 0 Å². The molecule has 0 aliphatic carbocycles. The van der Waals surface area contributed by atoms with Crippen molar-refractivity contribution in [3.63, 3.8) is 0 Å². The third-order valence-electron chi connectivity index (χ3n) is 6.92. The normalized spacial score (nSPS) is 17.2. The Kier molecular flexibility index (Phi) is 6.06. The van der Waals surface area contributed by atoms with Crippen LogP contribution in [0, 0.1) is 0 Å². The predicted octanol–water partition coefficient (Wildman–Crippen LogP) is 5.64. The number of rotatable bonds is 6. The molecule has 1 aliphatic heterocycles. The molecule has 1 amide bonds. The number of para-hydroxylation sites is 2. The Balaban J connectivity index is 1.79. The maximum atomic E-state index is 14.4. The molecule has 0 spiro atoms. The van der Waals surface area contributed by atoms with Crippen molar-refractivity contribution in [3.8, 4) is 5.75 Å². The van der Waals surface area contributed by atoms with Crippen molar-refractivity contribution in [2.24, 2.45) is 0 Å². The topological polar surface area (TPSA) is 29.5 Å². The molecule has 4 aromatic rings. The second-order valence-electron chi connectivity index (χ2n) is 8.55. The number of carbonyl (C=O) groups is 1. The molecule has 1 heterocycles. The molecule has 0 radical (unpaired) electrons. The molecule has 5 rings (SSSR count). The van der Waals surface area contributed by atoms with Gasteiger partial charge in [0, 0.05) is 0 Å². The van der Waals surface area contributed by atoms with E-state index in [2.05, 4.69) is 88.3 Å². The van der Waals surface area contributed by atoms with Crippen LogP contribution in [-0.4, -0.2) is 25.2 Å². The van der Waals surface area contributed by atoms with Crippen LogP contribution in [-0.2, 0) is 4.79 Å². The predicted molar refractivity (Wildman–Crippen MR) is 148 cm³/mol. The van der Waals surface area contributed by atoms with Gasteiger partial charge in [0.1, 0.15) is 0 Å². The standard InChI is InChI=1S/C29H27BrNO2P/c1-33-27-20-12-11-19-26(27)31-22-21-28(29(31)32)34(30,23-13-5-2-6-14-23,24-15-7-3-8-16-24)25-17-9-4-10-18-25/h2-20,28H,21-22H2,1H3. The monoisotopic (exact) mass is 531 g/mol. The van der Waals surface area contributed by atoms with Crippen LogP contribution in [0.5, 0.6) is 5.75 Å². The summed E-state index contributed by atoms with van der Waals surface area (Å²) < 4.78 is 5.61. The van der Waals surface area contributed by atoms with E-state index in [1.807, 2.05) is 47.4 Å². The first-order valence-corrected chi connectivity index (χ1v) is 15.8. The number of halogens is 1. The number of methoxy groups -OCH3 is 1. The van der Waals surface area contributed by atoms with Gasteiger partial charge in [-0.25, -0.2) is 0 Å². The first kappa shape index (κ1) is 22.8. The van der Waals surface area contributed by atoms with Crippen molar-refractivity contribution in [1.29, 1.82) is 0 Å². The van der Waals surface area contributed by atoms with Crippen LogP contribution in [0.1, 0.15) is 6.42 Å². The number of ether oxygens (including phenoxy) is 1. The summed E-state index contributed by atoms with van der Waals surface area (Å²) in [6.45, 7) is 0.639. The van der Waals surface area contributed by atoms with E-state index in [1.165, 1.54) is 0 Å². The SMILES string of the molecule is COc1ccccc1N1CCC(P(Br)(c2ccccc2)(c2ccccc2)c2ccccc2)C1=O. The van der Waals surface area contributed by atoms with Crippen molar-refractivity contribution in [3.05, 3.63) is 115 Å². The summed E-state index contributed by atoms with van der Waals surface area (Å²) in [4.78, 5) is 16.3. The molecule has 1 fully saturated rings. The number of hydrogen-bond donors (Lipinski definition) is 0. The van der Waals surface area contributed by atoms with Gasteiger partial charge in [0.15, 0.2) is 0 Å². The third-order valence-corrected chi connectivity index (χ3v) is 17.7. The first-order chi connectivity index (χ1) is 16.6. The van der Waals surface area contributed by atoms with Crippen molar-refractivity contribution in [1.82, 2.24) is 0 Å². The summed E-state index contributed by atoms with van der Waals surface area (Å²) in [6, 6.07) is 39.3. The average Bonchev–Trinajstić information content (AvgIpc) is 3.31. The number of carbonyl (C=O) groups excluding carboxylic acids is 1. The van der Waals surface area contributed by atoms with Crippen LogP contribution in [0.25, 0.3) is 0 Å². The fourth-order valence-electron chi connectivity index (χ4n) is 5.35. The second kappa shape index (κ2) is 9.02. The summed E-state index contributed by atoms with van der Waals surface area (Å²) in [6.07, 6.45) is 0.735. The number of nitrogens with zero attached hydrogens (tertiary/aromatic N) is 1. The quantitative estimate of drug-likeness (QED) is 0.301. The van der Waals surface area contributed by atoms with Gasteiger partial charge in [-0.05, 0) is 0 Å². The van der Waals surface area contributed by atoms with Crippen molar-refractivity contribution < 1.29 is 9.53 Å². The maximum absolute atomic E-state index is 14.4. The summed E-state index contributed by atoms with van der Waals surface area (Å²) in [5.74, 6) is 0.834. The van der Waals surface area contributed by atoms with E-state index in [9.17, 15) is 4.79 Å². The van der Waals surface area contributed by atoms with Gasteiger partial charge in [-0.3, -0.25) is 0 Å². The molecule has 0 bridgehead atoms. The zero-order valence-electron chi connectivity index (χ0n) is 19.1. The van der Waals surface area contributed by atoms with Crippen LogP contribution >= 0.6 is 20.8 Å². The number of amides is 1. The van der Waals surface area contributed by atoms with Crippen LogP contribution < -0.4 is 25.6 Å². The Morgan fingerprint density at radius 2 is 1.18 bits per heavy atom. The molecule has 172 valence electrons. The van der Waals surface area contributed by atoms with Gasteiger partial charge < -0.3 is 0 Å². The summed E-state index contributed by atoms with van der Waals surface area (Å²) >= 11 is 4.47. The van der Waals surface area contributed by atoms with E-state index in [1.54, 1.807) is 7.11 Å². The van der Waals surface area contributed by atoms with E-state index >= 15 is 0 Å². The average molecular weight is 532 g/mol. The minimum absolute atomic E-state index is 0.121. The van der Waals surface area contributed by atoms with Crippen molar-refractivity contribution in [2.45, 2.75) is 12.1 Å². The molecule has 0 saturated carbocycles. The van der Waals surface area contributed by atoms with Gasteiger partial charge in [0.25, 0.3) is 0 Å². The number of hydrogen-bond acceptors (Lipinski definition) is 2. The molecule has 34 heavy (non-hydrogen) atoms. The molecule has 3 nitrogen and oxygen atoms in total. The molecule has 1 atom stereocenters. The van der Waals surface area contributed by atoms with Crippen LogP contribution in [0.15, 0.2) is 115 Å². The van der Waals surface area contributed by atoms with Gasteiger partial charge in [-0.2, -0.15) is 0 Å².